The first-order valence-corrected chi connectivity index (χ1v) is 5.30. The lowest BCUT2D eigenvalue weighted by atomic mass is 10.2. The second kappa shape index (κ2) is 5.18. The smallest absolute Gasteiger partial charge is 0.335 e. The molecular formula is C13H12N2O3. The lowest BCUT2D eigenvalue weighted by molar-refractivity contribution is 0.0697. The highest BCUT2D eigenvalue weighted by Crippen LogP contribution is 2.13. The van der Waals surface area contributed by atoms with Gasteiger partial charge >= 0.3 is 5.97 Å². The van der Waals surface area contributed by atoms with E-state index in [0.29, 0.717) is 0 Å². The Balaban J connectivity index is 2.42. The van der Waals surface area contributed by atoms with Gasteiger partial charge in [-0.1, -0.05) is 11.2 Å². The molecule has 18 heavy (non-hydrogen) atoms. The van der Waals surface area contributed by atoms with Crippen molar-refractivity contribution < 1.29 is 14.7 Å². The monoisotopic (exact) mass is 244 g/mol. The van der Waals surface area contributed by atoms with Crippen molar-refractivity contribution in [3.8, 4) is 5.69 Å². The molecule has 5 heteroatoms. The first kappa shape index (κ1) is 11.9. The fraction of sp³-hybridized carbons (Fsp3) is 0.0769. The van der Waals surface area contributed by atoms with Crippen molar-refractivity contribution in [1.82, 2.24) is 4.57 Å². The van der Waals surface area contributed by atoms with Gasteiger partial charge in [0.1, 0.15) is 7.11 Å². The fourth-order valence-corrected chi connectivity index (χ4v) is 1.63. The standard InChI is InChI=1S/C13H12N2O3/c1-18-14-9-12-6-3-7-15(12)11-5-2-4-10(8-11)13(16)17/h2-9H,1H3,(H,16,17)/b14-9+. The molecule has 0 aliphatic carbocycles. The number of rotatable bonds is 4. The molecule has 1 aromatic carbocycles. The molecule has 0 bridgehead atoms. The summed E-state index contributed by atoms with van der Waals surface area (Å²) in [5.41, 5.74) is 1.81. The van der Waals surface area contributed by atoms with Gasteiger partial charge in [0.05, 0.1) is 17.5 Å². The molecule has 0 saturated heterocycles. The third-order valence-electron chi connectivity index (χ3n) is 2.44. The molecular weight excluding hydrogens is 232 g/mol. The van der Waals surface area contributed by atoms with Crippen LogP contribution in [0.15, 0.2) is 47.8 Å². The van der Waals surface area contributed by atoms with Gasteiger partial charge in [-0.15, -0.1) is 0 Å². The highest BCUT2D eigenvalue weighted by Gasteiger charge is 2.06. The third kappa shape index (κ3) is 2.40. The first-order valence-electron chi connectivity index (χ1n) is 5.30. The molecule has 0 aliphatic rings. The van der Waals surface area contributed by atoms with Crippen LogP contribution in [0.5, 0.6) is 0 Å². The van der Waals surface area contributed by atoms with Gasteiger partial charge < -0.3 is 14.5 Å². The average molecular weight is 244 g/mol. The van der Waals surface area contributed by atoms with Gasteiger partial charge in [0.25, 0.3) is 0 Å². The van der Waals surface area contributed by atoms with E-state index in [9.17, 15) is 4.79 Å². The maximum Gasteiger partial charge on any atom is 0.335 e. The number of carboxylic acid groups (broad SMARTS) is 1. The van der Waals surface area contributed by atoms with E-state index in [0.717, 1.165) is 11.4 Å². The minimum absolute atomic E-state index is 0.246. The average Bonchev–Trinajstić information content (AvgIpc) is 2.84. The van der Waals surface area contributed by atoms with Crippen molar-refractivity contribution >= 4 is 12.2 Å². The van der Waals surface area contributed by atoms with Crippen molar-refractivity contribution in [2.24, 2.45) is 5.16 Å². The Kier molecular flexibility index (Phi) is 3.43. The maximum atomic E-state index is 10.9. The quantitative estimate of drug-likeness (QED) is 0.662. The molecule has 2 aromatic rings. The number of hydrogen-bond acceptors (Lipinski definition) is 3. The van der Waals surface area contributed by atoms with Crippen molar-refractivity contribution in [1.29, 1.82) is 0 Å². The van der Waals surface area contributed by atoms with Crippen molar-refractivity contribution in [2.45, 2.75) is 0 Å². The molecule has 1 heterocycles. The van der Waals surface area contributed by atoms with E-state index < -0.39 is 5.97 Å². The number of aromatic carboxylic acids is 1. The Morgan fingerprint density at radius 1 is 1.39 bits per heavy atom. The minimum atomic E-state index is -0.948. The molecule has 1 N–H and O–H groups in total. The number of nitrogens with zero attached hydrogens (tertiary/aromatic N) is 2. The van der Waals surface area contributed by atoms with E-state index in [2.05, 4.69) is 9.99 Å². The predicted molar refractivity (Wildman–Crippen MR) is 67.3 cm³/mol. The number of oxime groups is 1. The summed E-state index contributed by atoms with van der Waals surface area (Å²) < 4.78 is 1.83. The summed E-state index contributed by atoms with van der Waals surface area (Å²) >= 11 is 0. The van der Waals surface area contributed by atoms with Gasteiger partial charge in [-0.2, -0.15) is 0 Å². The van der Waals surface area contributed by atoms with Crippen LogP contribution in [-0.4, -0.2) is 29.0 Å². The Bertz CT molecular complexity index is 587. The van der Waals surface area contributed by atoms with Gasteiger partial charge in [-0.25, -0.2) is 4.79 Å². The number of benzene rings is 1. The summed E-state index contributed by atoms with van der Waals surface area (Å²) in [4.78, 5) is 15.6. The maximum absolute atomic E-state index is 10.9. The zero-order chi connectivity index (χ0) is 13.0. The topological polar surface area (TPSA) is 63.8 Å². The largest absolute Gasteiger partial charge is 0.478 e. The van der Waals surface area contributed by atoms with Crippen LogP contribution in [0.2, 0.25) is 0 Å². The molecule has 0 unspecified atom stereocenters. The highest BCUT2D eigenvalue weighted by molar-refractivity contribution is 5.88. The second-order valence-corrected chi connectivity index (χ2v) is 3.58. The summed E-state index contributed by atoms with van der Waals surface area (Å²) in [5.74, 6) is -0.948. The van der Waals surface area contributed by atoms with Crippen molar-refractivity contribution in [2.75, 3.05) is 7.11 Å². The van der Waals surface area contributed by atoms with Crippen molar-refractivity contribution in [3.63, 3.8) is 0 Å². The molecule has 0 amide bonds. The highest BCUT2D eigenvalue weighted by atomic mass is 16.6. The first-order chi connectivity index (χ1) is 8.72. The van der Waals surface area contributed by atoms with Crippen LogP contribution in [0.3, 0.4) is 0 Å². The Hall–Kier alpha value is -2.56. The Morgan fingerprint density at radius 3 is 2.94 bits per heavy atom. The van der Waals surface area contributed by atoms with Crippen LogP contribution in [0.1, 0.15) is 16.1 Å². The molecule has 0 spiro atoms. The molecule has 0 aliphatic heterocycles. The SMILES string of the molecule is CO/N=C/c1cccn1-c1cccc(C(=O)O)c1. The minimum Gasteiger partial charge on any atom is -0.478 e. The van der Waals surface area contributed by atoms with E-state index in [1.807, 2.05) is 29.0 Å². The molecule has 2 rings (SSSR count). The number of aromatic nitrogens is 1. The summed E-state index contributed by atoms with van der Waals surface area (Å²) in [7, 11) is 1.47. The van der Waals surface area contributed by atoms with E-state index in [-0.39, 0.29) is 5.56 Å². The molecule has 0 saturated carbocycles. The van der Waals surface area contributed by atoms with Crippen LogP contribution < -0.4 is 0 Å². The lowest BCUT2D eigenvalue weighted by Gasteiger charge is -2.06. The third-order valence-corrected chi connectivity index (χ3v) is 2.44. The van der Waals surface area contributed by atoms with Gasteiger partial charge in [0.2, 0.25) is 0 Å². The van der Waals surface area contributed by atoms with Crippen LogP contribution in [0, 0.1) is 0 Å². The van der Waals surface area contributed by atoms with Gasteiger partial charge in [-0.05, 0) is 30.3 Å². The zero-order valence-electron chi connectivity index (χ0n) is 9.78. The van der Waals surface area contributed by atoms with Crippen LogP contribution in [0.25, 0.3) is 5.69 Å². The Morgan fingerprint density at radius 2 is 2.22 bits per heavy atom. The zero-order valence-corrected chi connectivity index (χ0v) is 9.78. The van der Waals surface area contributed by atoms with E-state index in [1.165, 1.54) is 7.11 Å². The fourth-order valence-electron chi connectivity index (χ4n) is 1.63. The van der Waals surface area contributed by atoms with Crippen molar-refractivity contribution in [3.05, 3.63) is 53.9 Å². The summed E-state index contributed by atoms with van der Waals surface area (Å²) in [6, 6.07) is 10.4. The van der Waals surface area contributed by atoms with Crippen LogP contribution in [0.4, 0.5) is 0 Å². The van der Waals surface area contributed by atoms with Gasteiger partial charge in [0.15, 0.2) is 0 Å². The summed E-state index contributed by atoms with van der Waals surface area (Å²) in [6.45, 7) is 0. The molecule has 0 atom stereocenters. The van der Waals surface area contributed by atoms with Gasteiger partial charge in [-0.3, -0.25) is 0 Å². The number of carboxylic acids is 1. The van der Waals surface area contributed by atoms with E-state index in [1.54, 1.807) is 24.4 Å². The van der Waals surface area contributed by atoms with Crippen LogP contribution in [-0.2, 0) is 4.84 Å². The molecule has 0 radical (unpaired) electrons. The van der Waals surface area contributed by atoms with Gasteiger partial charge in [0, 0.05) is 11.9 Å². The predicted octanol–water partition coefficient (Wildman–Crippen LogP) is 2.16. The molecule has 5 nitrogen and oxygen atoms in total. The normalized spacial score (nSPS) is 10.7. The molecule has 0 fully saturated rings. The lowest BCUT2D eigenvalue weighted by Crippen LogP contribution is -2.01. The molecule has 1 aromatic heterocycles. The van der Waals surface area contributed by atoms with Crippen LogP contribution >= 0.6 is 0 Å². The van der Waals surface area contributed by atoms with E-state index in [4.69, 9.17) is 5.11 Å². The molecule has 92 valence electrons. The number of carbonyl (C=O) groups is 1. The summed E-state index contributed by atoms with van der Waals surface area (Å²) in [5, 5.41) is 12.7. The Labute approximate surface area is 104 Å². The second-order valence-electron chi connectivity index (χ2n) is 3.58. The summed E-state index contributed by atoms with van der Waals surface area (Å²) in [6.07, 6.45) is 3.39. The number of hydrogen-bond donors (Lipinski definition) is 1. The van der Waals surface area contributed by atoms with E-state index >= 15 is 0 Å².